The Hall–Kier alpha value is -8.73. The number of imide groups is 1. The third-order valence-electron chi connectivity index (χ3n) is 12.6. The Morgan fingerprint density at radius 2 is 0.618 bits per heavy atom. The van der Waals surface area contributed by atoms with Crippen molar-refractivity contribution >= 4 is 156 Å². The van der Waals surface area contributed by atoms with Gasteiger partial charge in [-0.3, -0.25) is 52.7 Å². The van der Waals surface area contributed by atoms with Crippen LogP contribution in [0, 0.1) is 0 Å². The highest BCUT2D eigenvalue weighted by molar-refractivity contribution is 6.68. The Kier molecular flexibility index (Phi) is 25.9. The van der Waals surface area contributed by atoms with E-state index in [1.165, 1.54) is 48.5 Å². The van der Waals surface area contributed by atoms with Crippen LogP contribution in [0.15, 0.2) is 238 Å². The molecule has 0 radical (unpaired) electrons. The lowest BCUT2D eigenvalue weighted by Gasteiger charge is -2.27. The fraction of sp³-hybridized carbons (Fsp3) is 0.0441. The second-order valence-corrected chi connectivity index (χ2v) is 21.3. The van der Waals surface area contributed by atoms with Gasteiger partial charge in [-0.15, -0.1) is 0 Å². The first-order valence-corrected chi connectivity index (χ1v) is 28.2. The summed E-state index contributed by atoms with van der Waals surface area (Å²) in [4.78, 5) is 135. The van der Waals surface area contributed by atoms with Crippen LogP contribution in [0.2, 0.25) is 15.1 Å². The number of carbonyl (C=O) groups excluding carboxylic acids is 11. The van der Waals surface area contributed by atoms with Gasteiger partial charge in [0.05, 0.1) is 5.03 Å². The zero-order chi connectivity index (χ0) is 63.2. The van der Waals surface area contributed by atoms with Gasteiger partial charge in [0, 0.05) is 88.3 Å². The predicted octanol–water partition coefficient (Wildman–Crippen LogP) is 17.2. The number of nitrogens with zero attached hydrogens (tertiary/aromatic N) is 1. The van der Waals surface area contributed by atoms with Gasteiger partial charge in [0.1, 0.15) is 21.5 Å². The van der Waals surface area contributed by atoms with Crippen LogP contribution in [-0.2, 0) is 0 Å². The third-order valence-corrected chi connectivity index (χ3v) is 14.9. The molecule has 0 aliphatic heterocycles. The molecule has 0 bridgehead atoms. The zero-order valence-electron chi connectivity index (χ0n) is 44.4. The minimum absolute atomic E-state index is 0. The molecule has 13 nitrogen and oxygen atoms in total. The molecule has 0 unspecified atom stereocenters. The number of fused-ring (bicyclic) bond motifs is 3. The molecular formula is C68H46Cl8N2O11. The number of amides is 2. The lowest BCUT2D eigenvalue weighted by molar-refractivity contribution is 0.0640. The van der Waals surface area contributed by atoms with Crippen LogP contribution in [0.3, 0.4) is 0 Å². The smallest absolute Gasteiger partial charge is 0.265 e. The maximum Gasteiger partial charge on any atom is 0.265 e. The van der Waals surface area contributed by atoms with E-state index in [1.807, 2.05) is 6.07 Å². The fourth-order valence-corrected chi connectivity index (χ4v) is 9.57. The first-order valence-electron chi connectivity index (χ1n) is 25.2. The number of hydrogen-bond donors (Lipinski definition) is 1. The van der Waals surface area contributed by atoms with Gasteiger partial charge in [-0.05, 0) is 108 Å². The molecular weight excluding hydrogens is 1300 g/mol. The number of halogens is 8. The van der Waals surface area contributed by atoms with E-state index in [4.69, 9.17) is 98.5 Å². The summed E-state index contributed by atoms with van der Waals surface area (Å²) in [7, 11) is 0. The van der Waals surface area contributed by atoms with Crippen molar-refractivity contribution in [2.75, 3.05) is 0 Å². The van der Waals surface area contributed by atoms with Gasteiger partial charge < -0.3 is 5.73 Å². The van der Waals surface area contributed by atoms with Crippen molar-refractivity contribution in [2.24, 2.45) is 5.73 Å². The topological polar surface area (TPSA) is 217 Å². The number of allylic oxidation sites excluding steroid dienone is 6. The van der Waals surface area contributed by atoms with Gasteiger partial charge in [0.15, 0.2) is 11.6 Å². The monoisotopic (exact) mass is 1350 g/mol. The SMILES string of the molecule is C.C.NC1=C(Cl)C(=O)c2ccccc2C1=O.O=C(CC1=C(Cl)C(=O)c2ccccc2C1=O)c1ccc(Cl)cc1.O=C(Cl)c1ccc(Cl)cc1.O=C(Cl)c1ccccc1.O=C1C(Cl)=C(N(C(=O)c2ccccc2)C(=O)c2ccc(Cl)cc2)C(=O)c2ccccc21. The van der Waals surface area contributed by atoms with Gasteiger partial charge >= 0.3 is 0 Å². The molecule has 3 aliphatic rings. The minimum Gasteiger partial charge on any atom is -0.394 e. The number of benzene rings is 8. The molecule has 11 rings (SSSR count). The summed E-state index contributed by atoms with van der Waals surface area (Å²) in [5.74, 6) is -4.80. The average molecular weight is 1350 g/mol. The molecule has 3 aliphatic carbocycles. The summed E-state index contributed by atoms with van der Waals surface area (Å²) in [5, 5.41) is -0.224. The van der Waals surface area contributed by atoms with E-state index in [1.54, 1.807) is 152 Å². The summed E-state index contributed by atoms with van der Waals surface area (Å²) in [6.45, 7) is 0. The van der Waals surface area contributed by atoms with Crippen molar-refractivity contribution in [3.05, 3.63) is 315 Å². The number of ketones is 7. The van der Waals surface area contributed by atoms with Crippen molar-refractivity contribution in [3.63, 3.8) is 0 Å². The van der Waals surface area contributed by atoms with Crippen molar-refractivity contribution in [1.82, 2.24) is 4.90 Å². The van der Waals surface area contributed by atoms with Crippen molar-refractivity contribution in [1.29, 1.82) is 0 Å². The van der Waals surface area contributed by atoms with Gasteiger partial charge in [0.25, 0.3) is 22.3 Å². The second-order valence-electron chi connectivity index (χ2n) is 18.1. The van der Waals surface area contributed by atoms with E-state index >= 15 is 0 Å². The summed E-state index contributed by atoms with van der Waals surface area (Å²) >= 11 is 45.5. The third kappa shape index (κ3) is 17.1. The van der Waals surface area contributed by atoms with Crippen molar-refractivity contribution in [3.8, 4) is 0 Å². The van der Waals surface area contributed by atoms with E-state index in [2.05, 4.69) is 0 Å². The maximum atomic E-state index is 13.4. The molecule has 89 heavy (non-hydrogen) atoms. The lowest BCUT2D eigenvalue weighted by atomic mass is 9.86. The standard InChI is InChI=1S/C24H13Cl2NO4.C18H10Cl2O3.C10H6ClNO2.C7H4Cl2O.C7H5ClO.2CH4/c25-16-12-10-15(11-13-16)24(31)27(23(30)14-6-2-1-3-7-14)20-19(26)21(28)17-8-4-5-9-18(17)22(20)29;19-11-7-5-10(6-8-11)15(21)9-14-16(20)18(23)13-4-2-1-3-12(13)17(14)22;11-7-8(12)10(14)6-4-2-1-3-5(6)9(7)13;8-6-3-1-5(2-4-6)7(9)10;8-7(9)6-4-2-1-3-5-6;;/h1-13H;1-8H,9H2;1-4H,12H2;1-4H;1-5H;2*1H4. The Bertz CT molecular complexity index is 4160. The van der Waals surface area contributed by atoms with E-state index < -0.39 is 50.4 Å². The van der Waals surface area contributed by atoms with Crippen molar-refractivity contribution in [2.45, 2.75) is 21.3 Å². The number of nitrogens with two attached hydrogens (primary N) is 1. The zero-order valence-corrected chi connectivity index (χ0v) is 50.4. The van der Waals surface area contributed by atoms with Crippen LogP contribution in [0.1, 0.15) is 135 Å². The van der Waals surface area contributed by atoms with E-state index in [-0.39, 0.29) is 99.1 Å². The summed E-state index contributed by atoms with van der Waals surface area (Å²) in [6, 6.07) is 54.3. The second kappa shape index (κ2) is 32.5. The number of Topliss-reactive ketones (excluding diaryl/α,β-unsaturated/α-hetero) is 7. The Morgan fingerprint density at radius 3 is 1.01 bits per heavy atom. The molecule has 0 heterocycles. The van der Waals surface area contributed by atoms with Crippen LogP contribution in [0.25, 0.3) is 0 Å². The Morgan fingerprint density at radius 1 is 0.326 bits per heavy atom. The molecule has 21 heteroatoms. The molecule has 0 saturated carbocycles. The van der Waals surface area contributed by atoms with E-state index in [0.717, 1.165) is 0 Å². The fourth-order valence-electron chi connectivity index (χ4n) is 8.23. The number of rotatable bonds is 8. The average Bonchev–Trinajstić information content (AvgIpc) is 0.932. The molecule has 8 aromatic carbocycles. The van der Waals surface area contributed by atoms with Crippen LogP contribution in [-0.4, -0.2) is 67.7 Å². The normalized spacial score (nSPS) is 12.6. The predicted molar refractivity (Wildman–Crippen MR) is 349 cm³/mol. The number of carbonyl (C=O) groups is 11. The maximum absolute atomic E-state index is 13.4. The first-order chi connectivity index (χ1) is 41.5. The first kappa shape index (κ1) is 71.0. The van der Waals surface area contributed by atoms with Gasteiger partial charge in [-0.1, -0.05) is 206 Å². The molecule has 0 saturated heterocycles. The van der Waals surface area contributed by atoms with Crippen molar-refractivity contribution < 1.29 is 52.7 Å². The molecule has 0 atom stereocenters. The molecule has 0 fully saturated rings. The van der Waals surface area contributed by atoms with Gasteiger partial charge in [-0.25, -0.2) is 4.90 Å². The highest BCUT2D eigenvalue weighted by Gasteiger charge is 2.40. The highest BCUT2D eigenvalue weighted by atomic mass is 35.5. The van der Waals surface area contributed by atoms with Crippen LogP contribution in [0.4, 0.5) is 0 Å². The van der Waals surface area contributed by atoms with Crippen LogP contribution < -0.4 is 5.73 Å². The minimum atomic E-state index is -0.806. The lowest BCUT2D eigenvalue weighted by Crippen LogP contribution is -2.41. The van der Waals surface area contributed by atoms with Crippen LogP contribution in [0.5, 0.6) is 0 Å². The van der Waals surface area contributed by atoms with Crippen LogP contribution >= 0.6 is 92.8 Å². The largest absolute Gasteiger partial charge is 0.394 e. The van der Waals surface area contributed by atoms with E-state index in [9.17, 15) is 52.7 Å². The molecule has 2 amide bonds. The summed E-state index contributed by atoms with van der Waals surface area (Å²) < 4.78 is 0. The van der Waals surface area contributed by atoms with Gasteiger partial charge in [-0.2, -0.15) is 0 Å². The molecule has 450 valence electrons. The summed E-state index contributed by atoms with van der Waals surface area (Å²) in [5.41, 5.74) is 7.84. The quantitative estimate of drug-likeness (QED) is 0.0854. The Balaban J connectivity index is 0.000000218. The molecule has 8 aromatic rings. The Labute approximate surface area is 550 Å². The molecule has 2 N–H and O–H groups in total. The van der Waals surface area contributed by atoms with E-state index in [0.29, 0.717) is 47.8 Å². The summed E-state index contributed by atoms with van der Waals surface area (Å²) in [6.07, 6.45) is -0.223. The van der Waals surface area contributed by atoms with Gasteiger partial charge in [0.2, 0.25) is 28.9 Å². The molecule has 0 spiro atoms. The number of hydrogen-bond acceptors (Lipinski definition) is 12. The highest BCUT2D eigenvalue weighted by Crippen LogP contribution is 2.34. The molecule has 0 aromatic heterocycles.